The molecule has 242 valence electrons. The number of hydrogen-bond donors (Lipinski definition) is 1. The Bertz CT molecular complexity index is 1470. The minimum Gasteiger partial charge on any atom is -0.493 e. The first kappa shape index (κ1) is 31.2. The summed E-state index contributed by atoms with van der Waals surface area (Å²) in [5.74, 6) is 1.03. The second kappa shape index (κ2) is 11.9. The molecule has 2 aromatic rings. The Hall–Kier alpha value is -3.75. The number of cyclic esters (lactones) is 1. The van der Waals surface area contributed by atoms with E-state index in [0.29, 0.717) is 42.6 Å². The lowest BCUT2D eigenvalue weighted by molar-refractivity contribution is -0.145. The monoisotopic (exact) mass is 619 g/mol. The summed E-state index contributed by atoms with van der Waals surface area (Å²) >= 11 is 0. The van der Waals surface area contributed by atoms with Crippen LogP contribution in [0.5, 0.6) is 23.0 Å². The fourth-order valence-electron chi connectivity index (χ4n) is 9.76. The van der Waals surface area contributed by atoms with Crippen LogP contribution in [0.4, 0.5) is 0 Å². The van der Waals surface area contributed by atoms with Crippen molar-refractivity contribution in [3.05, 3.63) is 47.5 Å². The molecule has 1 saturated heterocycles. The van der Waals surface area contributed by atoms with Gasteiger partial charge in [-0.3, -0.25) is 14.4 Å². The van der Waals surface area contributed by atoms with Crippen molar-refractivity contribution < 1.29 is 38.1 Å². The van der Waals surface area contributed by atoms with Crippen molar-refractivity contribution >= 4 is 17.8 Å². The maximum atomic E-state index is 13.1. The second-order valence-corrected chi connectivity index (χ2v) is 14.7. The molecule has 4 atom stereocenters. The number of methoxy groups -OCH3 is 3. The van der Waals surface area contributed by atoms with Gasteiger partial charge >= 0.3 is 11.9 Å². The quantitative estimate of drug-likeness (QED) is 0.201. The Morgan fingerprint density at radius 2 is 1.42 bits per heavy atom. The number of amides is 1. The van der Waals surface area contributed by atoms with Crippen LogP contribution in [0.15, 0.2) is 36.4 Å². The van der Waals surface area contributed by atoms with Gasteiger partial charge in [0.1, 0.15) is 6.42 Å². The summed E-state index contributed by atoms with van der Waals surface area (Å²) in [6.45, 7) is 5.05. The van der Waals surface area contributed by atoms with Crippen molar-refractivity contribution in [2.75, 3.05) is 27.9 Å². The Balaban J connectivity index is 1.07. The Kier molecular flexibility index (Phi) is 8.25. The summed E-state index contributed by atoms with van der Waals surface area (Å²) in [5.41, 5.74) is 2.18. The zero-order chi connectivity index (χ0) is 32.0. The Morgan fingerprint density at radius 3 is 2.04 bits per heavy atom. The maximum absolute atomic E-state index is 13.1. The van der Waals surface area contributed by atoms with Gasteiger partial charge in [-0.25, -0.2) is 0 Å². The van der Waals surface area contributed by atoms with Gasteiger partial charge in [0.2, 0.25) is 5.91 Å². The molecular weight excluding hydrogens is 574 g/mol. The molecule has 1 heterocycles. The minimum atomic E-state index is -0.630. The van der Waals surface area contributed by atoms with E-state index in [1.54, 1.807) is 26.4 Å². The van der Waals surface area contributed by atoms with Gasteiger partial charge in [0, 0.05) is 11.5 Å². The number of hydrogen-bond acceptors (Lipinski definition) is 8. The van der Waals surface area contributed by atoms with E-state index in [9.17, 15) is 14.4 Å². The van der Waals surface area contributed by atoms with E-state index in [-0.39, 0.29) is 52.3 Å². The normalized spacial score (nSPS) is 31.3. The van der Waals surface area contributed by atoms with Crippen LogP contribution in [0.3, 0.4) is 0 Å². The van der Waals surface area contributed by atoms with Gasteiger partial charge in [-0.15, -0.1) is 0 Å². The molecule has 0 spiro atoms. The largest absolute Gasteiger partial charge is 0.493 e. The fourth-order valence-corrected chi connectivity index (χ4v) is 9.76. The molecule has 45 heavy (non-hydrogen) atoms. The van der Waals surface area contributed by atoms with Gasteiger partial charge < -0.3 is 29.0 Å². The Morgan fingerprint density at radius 1 is 0.822 bits per heavy atom. The fraction of sp³-hybridized carbons (Fsp3) is 0.583. The third kappa shape index (κ3) is 6.49. The molecule has 4 saturated carbocycles. The number of nitrogens with one attached hydrogen (secondary N) is 1. The van der Waals surface area contributed by atoms with Crippen molar-refractivity contribution in [3.8, 4) is 23.0 Å². The molecular formula is C36H45NO8. The van der Waals surface area contributed by atoms with Crippen molar-refractivity contribution in [2.24, 2.45) is 28.6 Å². The van der Waals surface area contributed by atoms with E-state index in [2.05, 4.69) is 19.2 Å². The standard InChI is InChI=1S/C36H45NO8/c1-34-15-24-16-35(2,19-34)21-36(17-24,20-34)37-31(38)14-32(39)45-28-9-7-23(13-30(28)43-5)11-26-25(18-44-33(26)40)10-22-6-8-27(41-3)29(12-22)42-4/h6-9,12-13,24-26H,10-11,14-21H2,1-5H3,(H,37,38)/t24?,25-,26+,34?,35?,36?/m0/s1. The summed E-state index contributed by atoms with van der Waals surface area (Å²) in [6, 6.07) is 11.0. The van der Waals surface area contributed by atoms with Gasteiger partial charge in [-0.1, -0.05) is 26.0 Å². The second-order valence-electron chi connectivity index (χ2n) is 14.7. The molecule has 4 aliphatic carbocycles. The first-order valence-electron chi connectivity index (χ1n) is 16.0. The smallest absolute Gasteiger partial charge is 0.320 e. The number of carbonyl (C=O) groups excluding carboxylic acids is 3. The van der Waals surface area contributed by atoms with Crippen molar-refractivity contribution in [1.29, 1.82) is 0 Å². The van der Waals surface area contributed by atoms with E-state index in [0.717, 1.165) is 30.4 Å². The van der Waals surface area contributed by atoms with E-state index in [1.807, 2.05) is 24.3 Å². The Labute approximate surface area is 265 Å². The highest BCUT2D eigenvalue weighted by molar-refractivity contribution is 5.95. The summed E-state index contributed by atoms with van der Waals surface area (Å²) in [4.78, 5) is 38.7. The van der Waals surface area contributed by atoms with E-state index < -0.39 is 5.97 Å². The zero-order valence-electron chi connectivity index (χ0n) is 27.0. The predicted molar refractivity (Wildman–Crippen MR) is 166 cm³/mol. The van der Waals surface area contributed by atoms with Crippen LogP contribution in [0, 0.1) is 28.6 Å². The lowest BCUT2D eigenvalue weighted by Crippen LogP contribution is -2.65. The molecule has 7 rings (SSSR count). The van der Waals surface area contributed by atoms with Gasteiger partial charge in [-0.2, -0.15) is 0 Å². The van der Waals surface area contributed by atoms with Crippen LogP contribution < -0.4 is 24.3 Å². The van der Waals surface area contributed by atoms with Crippen LogP contribution in [0.2, 0.25) is 0 Å². The topological polar surface area (TPSA) is 109 Å². The van der Waals surface area contributed by atoms with Crippen LogP contribution in [-0.4, -0.2) is 51.3 Å². The summed E-state index contributed by atoms with van der Waals surface area (Å²) in [5, 5.41) is 3.28. The minimum absolute atomic E-state index is 0.0169. The van der Waals surface area contributed by atoms with Crippen molar-refractivity contribution in [2.45, 2.75) is 77.2 Å². The highest BCUT2D eigenvalue weighted by Crippen LogP contribution is 2.66. The predicted octanol–water partition coefficient (Wildman–Crippen LogP) is 5.45. The molecule has 2 unspecified atom stereocenters. The molecule has 5 fully saturated rings. The van der Waals surface area contributed by atoms with Gasteiger partial charge in [-0.05, 0) is 104 Å². The molecule has 9 nitrogen and oxygen atoms in total. The summed E-state index contributed by atoms with van der Waals surface area (Å²) < 4.78 is 27.4. The molecule has 5 aliphatic rings. The molecule has 0 aromatic heterocycles. The summed E-state index contributed by atoms with van der Waals surface area (Å²) in [7, 11) is 4.69. The highest BCUT2D eigenvalue weighted by atomic mass is 16.6. The third-order valence-electron chi connectivity index (χ3n) is 10.5. The molecule has 4 bridgehead atoms. The maximum Gasteiger partial charge on any atom is 0.320 e. The molecule has 0 radical (unpaired) electrons. The number of rotatable bonds is 11. The number of ether oxygens (including phenoxy) is 5. The number of carbonyl (C=O) groups is 3. The van der Waals surface area contributed by atoms with E-state index in [4.69, 9.17) is 23.7 Å². The first-order chi connectivity index (χ1) is 21.4. The van der Waals surface area contributed by atoms with Crippen molar-refractivity contribution in [1.82, 2.24) is 5.32 Å². The molecule has 9 heteroatoms. The first-order valence-corrected chi connectivity index (χ1v) is 16.0. The lowest BCUT2D eigenvalue weighted by atomic mass is 9.43. The van der Waals surface area contributed by atoms with Gasteiger partial charge in [0.15, 0.2) is 23.0 Å². The summed E-state index contributed by atoms with van der Waals surface area (Å²) in [6.07, 6.45) is 7.38. The third-order valence-corrected chi connectivity index (χ3v) is 10.5. The zero-order valence-corrected chi connectivity index (χ0v) is 27.0. The SMILES string of the molecule is COc1ccc(C[C@H]2COC(=O)[C@@H]2Cc2ccc(OC(=O)CC(=O)NC34CC5CC(C)(CC(C)(C5)C3)C4)c(OC)c2)cc1OC. The average Bonchev–Trinajstić information content (AvgIpc) is 3.29. The van der Waals surface area contributed by atoms with Crippen LogP contribution in [0.25, 0.3) is 0 Å². The van der Waals surface area contributed by atoms with Gasteiger partial charge in [0.25, 0.3) is 0 Å². The van der Waals surface area contributed by atoms with Crippen LogP contribution in [0.1, 0.15) is 69.9 Å². The van der Waals surface area contributed by atoms with Crippen LogP contribution >= 0.6 is 0 Å². The molecule has 2 aromatic carbocycles. The van der Waals surface area contributed by atoms with E-state index >= 15 is 0 Å². The van der Waals surface area contributed by atoms with Crippen molar-refractivity contribution in [3.63, 3.8) is 0 Å². The molecule has 1 N–H and O–H groups in total. The lowest BCUT2D eigenvalue weighted by Gasteiger charge is -2.65. The van der Waals surface area contributed by atoms with E-state index in [1.165, 1.54) is 26.4 Å². The molecule has 1 aliphatic heterocycles. The number of benzene rings is 2. The molecule has 1 amide bonds. The average molecular weight is 620 g/mol. The number of esters is 2. The highest BCUT2D eigenvalue weighted by Gasteiger charge is 2.60. The van der Waals surface area contributed by atoms with Gasteiger partial charge in [0.05, 0.1) is 33.9 Å². The van der Waals surface area contributed by atoms with Crippen LogP contribution in [-0.2, 0) is 32.0 Å².